The zero-order valence-electron chi connectivity index (χ0n) is 8.39. The van der Waals surface area contributed by atoms with E-state index in [2.05, 4.69) is 0 Å². The monoisotopic (exact) mass is 199 g/mol. The minimum atomic E-state index is -0.764. The minimum absolute atomic E-state index is 0.203. The molecule has 80 valence electrons. The Labute approximate surface area is 83.5 Å². The molecule has 1 saturated heterocycles. The van der Waals surface area contributed by atoms with Crippen molar-refractivity contribution >= 4 is 5.97 Å². The van der Waals surface area contributed by atoms with Crippen LogP contribution in [-0.4, -0.2) is 46.3 Å². The first kappa shape index (κ1) is 9.93. The largest absolute Gasteiger partial charge is 0.480 e. The van der Waals surface area contributed by atoms with E-state index in [4.69, 9.17) is 5.11 Å². The number of carboxylic acids is 1. The topological polar surface area (TPSA) is 60.8 Å². The van der Waals surface area contributed by atoms with Crippen LogP contribution in [0.2, 0.25) is 0 Å². The van der Waals surface area contributed by atoms with Crippen molar-refractivity contribution in [2.45, 2.75) is 31.9 Å². The second kappa shape index (κ2) is 3.51. The molecule has 14 heavy (non-hydrogen) atoms. The van der Waals surface area contributed by atoms with Crippen molar-refractivity contribution in [1.82, 2.24) is 4.90 Å². The van der Waals surface area contributed by atoms with Gasteiger partial charge in [-0.1, -0.05) is 0 Å². The second-order valence-corrected chi connectivity index (χ2v) is 4.54. The summed E-state index contributed by atoms with van der Waals surface area (Å²) in [5, 5.41) is 18.5. The summed E-state index contributed by atoms with van der Waals surface area (Å²) in [6, 6.07) is -0.409. The minimum Gasteiger partial charge on any atom is -0.480 e. The summed E-state index contributed by atoms with van der Waals surface area (Å²) in [5.74, 6) is 0.0723. The van der Waals surface area contributed by atoms with Crippen LogP contribution in [0.5, 0.6) is 0 Å². The Hall–Kier alpha value is -0.610. The standard InChI is InChI=1S/C10H17NO3/c1-6(10(13)14)11-4-7-2-3-9(12)8(7)5-11/h6-9,12H,2-5H2,1H3,(H,13,14). The number of aliphatic carboxylic acids is 1. The molecule has 4 nitrogen and oxygen atoms in total. The third-order valence-electron chi connectivity index (χ3n) is 3.75. The van der Waals surface area contributed by atoms with Crippen LogP contribution in [0.4, 0.5) is 0 Å². The molecule has 1 aliphatic heterocycles. The second-order valence-electron chi connectivity index (χ2n) is 4.54. The van der Waals surface area contributed by atoms with Crippen LogP contribution in [0.3, 0.4) is 0 Å². The van der Waals surface area contributed by atoms with E-state index in [0.717, 1.165) is 25.9 Å². The van der Waals surface area contributed by atoms with Gasteiger partial charge in [0, 0.05) is 19.0 Å². The molecule has 0 bridgehead atoms. The summed E-state index contributed by atoms with van der Waals surface area (Å²) in [7, 11) is 0. The molecule has 2 N–H and O–H groups in total. The molecule has 4 atom stereocenters. The van der Waals surface area contributed by atoms with Crippen LogP contribution >= 0.6 is 0 Å². The van der Waals surface area contributed by atoms with E-state index < -0.39 is 12.0 Å². The molecule has 0 radical (unpaired) electrons. The van der Waals surface area contributed by atoms with Crippen molar-refractivity contribution in [2.75, 3.05) is 13.1 Å². The number of carbonyl (C=O) groups is 1. The third kappa shape index (κ3) is 1.53. The summed E-state index contributed by atoms with van der Waals surface area (Å²) >= 11 is 0. The van der Waals surface area contributed by atoms with E-state index in [1.165, 1.54) is 0 Å². The van der Waals surface area contributed by atoms with Crippen LogP contribution in [-0.2, 0) is 4.79 Å². The fourth-order valence-corrected chi connectivity index (χ4v) is 2.74. The number of aliphatic hydroxyl groups is 1. The van der Waals surface area contributed by atoms with E-state index in [1.807, 2.05) is 4.90 Å². The third-order valence-corrected chi connectivity index (χ3v) is 3.75. The Balaban J connectivity index is 1.98. The van der Waals surface area contributed by atoms with Gasteiger partial charge in [0.25, 0.3) is 0 Å². The highest BCUT2D eigenvalue weighted by Gasteiger charge is 2.43. The van der Waals surface area contributed by atoms with Crippen LogP contribution in [0.1, 0.15) is 19.8 Å². The molecule has 2 fully saturated rings. The normalized spacial score (nSPS) is 39.7. The molecule has 2 aliphatic rings. The lowest BCUT2D eigenvalue weighted by molar-refractivity contribution is -0.142. The zero-order chi connectivity index (χ0) is 10.3. The van der Waals surface area contributed by atoms with Gasteiger partial charge in [-0.3, -0.25) is 9.69 Å². The Morgan fingerprint density at radius 3 is 2.71 bits per heavy atom. The van der Waals surface area contributed by atoms with Crippen molar-refractivity contribution in [2.24, 2.45) is 11.8 Å². The van der Waals surface area contributed by atoms with Crippen LogP contribution in [0.25, 0.3) is 0 Å². The lowest BCUT2D eigenvalue weighted by Gasteiger charge is -2.21. The van der Waals surface area contributed by atoms with Gasteiger partial charge in [0.1, 0.15) is 6.04 Å². The maximum atomic E-state index is 10.8. The molecule has 1 heterocycles. The molecule has 4 heteroatoms. The van der Waals surface area contributed by atoms with Gasteiger partial charge in [0.05, 0.1) is 6.10 Å². The van der Waals surface area contributed by atoms with E-state index in [9.17, 15) is 9.90 Å². The molecule has 0 aromatic carbocycles. The fourth-order valence-electron chi connectivity index (χ4n) is 2.74. The maximum absolute atomic E-state index is 10.8. The van der Waals surface area contributed by atoms with E-state index in [-0.39, 0.29) is 6.10 Å². The number of likely N-dealkylation sites (tertiary alicyclic amines) is 1. The maximum Gasteiger partial charge on any atom is 0.320 e. The highest BCUT2D eigenvalue weighted by Crippen LogP contribution is 2.38. The van der Waals surface area contributed by atoms with Gasteiger partial charge in [-0.05, 0) is 25.7 Å². The van der Waals surface area contributed by atoms with Gasteiger partial charge in [-0.2, -0.15) is 0 Å². The van der Waals surface area contributed by atoms with E-state index in [0.29, 0.717) is 11.8 Å². The Kier molecular flexibility index (Phi) is 2.49. The highest BCUT2D eigenvalue weighted by molar-refractivity contribution is 5.72. The van der Waals surface area contributed by atoms with Crippen LogP contribution in [0, 0.1) is 11.8 Å². The number of nitrogens with zero attached hydrogens (tertiary/aromatic N) is 1. The van der Waals surface area contributed by atoms with Crippen LogP contribution < -0.4 is 0 Å². The number of aliphatic hydroxyl groups excluding tert-OH is 1. The molecule has 0 spiro atoms. The van der Waals surface area contributed by atoms with Crippen LogP contribution in [0.15, 0.2) is 0 Å². The highest BCUT2D eigenvalue weighted by atomic mass is 16.4. The van der Waals surface area contributed by atoms with Gasteiger partial charge >= 0.3 is 5.97 Å². The summed E-state index contributed by atoms with van der Waals surface area (Å²) < 4.78 is 0. The van der Waals surface area contributed by atoms with Gasteiger partial charge in [0.15, 0.2) is 0 Å². The predicted molar refractivity (Wildman–Crippen MR) is 50.9 cm³/mol. The van der Waals surface area contributed by atoms with Crippen molar-refractivity contribution < 1.29 is 15.0 Å². The molecular formula is C10H17NO3. The first-order valence-electron chi connectivity index (χ1n) is 5.24. The summed E-state index contributed by atoms with van der Waals surface area (Å²) in [6.07, 6.45) is 1.74. The molecular weight excluding hydrogens is 182 g/mol. The average Bonchev–Trinajstić information content (AvgIpc) is 2.67. The zero-order valence-corrected chi connectivity index (χ0v) is 8.39. The van der Waals surface area contributed by atoms with Crippen molar-refractivity contribution in [1.29, 1.82) is 0 Å². The van der Waals surface area contributed by atoms with Crippen molar-refractivity contribution in [3.8, 4) is 0 Å². The predicted octanol–water partition coefficient (Wildman–Crippen LogP) is 0.162. The number of hydrogen-bond donors (Lipinski definition) is 2. The summed E-state index contributed by atoms with van der Waals surface area (Å²) in [6.45, 7) is 3.31. The van der Waals surface area contributed by atoms with Gasteiger partial charge < -0.3 is 10.2 Å². The molecule has 1 aliphatic carbocycles. The number of carboxylic acid groups (broad SMARTS) is 1. The fraction of sp³-hybridized carbons (Fsp3) is 0.900. The Morgan fingerprint density at radius 2 is 2.14 bits per heavy atom. The molecule has 0 aromatic rings. The van der Waals surface area contributed by atoms with Gasteiger partial charge in [-0.25, -0.2) is 0 Å². The Morgan fingerprint density at radius 1 is 1.43 bits per heavy atom. The number of hydrogen-bond acceptors (Lipinski definition) is 3. The first-order chi connectivity index (χ1) is 6.59. The van der Waals surface area contributed by atoms with Gasteiger partial charge in [0.2, 0.25) is 0 Å². The Bertz CT molecular complexity index is 244. The molecule has 4 unspecified atom stereocenters. The molecule has 1 saturated carbocycles. The number of fused-ring (bicyclic) bond motifs is 1. The average molecular weight is 199 g/mol. The lowest BCUT2D eigenvalue weighted by atomic mass is 10.00. The summed E-state index contributed by atoms with van der Waals surface area (Å²) in [4.78, 5) is 12.8. The van der Waals surface area contributed by atoms with Crippen molar-refractivity contribution in [3.63, 3.8) is 0 Å². The van der Waals surface area contributed by atoms with Crippen molar-refractivity contribution in [3.05, 3.63) is 0 Å². The molecule has 0 amide bonds. The number of rotatable bonds is 2. The lowest BCUT2D eigenvalue weighted by Crippen LogP contribution is -2.38. The smallest absolute Gasteiger partial charge is 0.320 e. The molecule has 0 aromatic heterocycles. The summed E-state index contributed by atoms with van der Waals surface area (Å²) in [5.41, 5.74) is 0. The van der Waals surface area contributed by atoms with E-state index in [1.54, 1.807) is 6.92 Å². The molecule has 2 rings (SSSR count). The first-order valence-corrected chi connectivity index (χ1v) is 5.24. The quantitative estimate of drug-likeness (QED) is 0.665. The van der Waals surface area contributed by atoms with Gasteiger partial charge in [-0.15, -0.1) is 0 Å². The SMILES string of the molecule is CC(C(=O)O)N1CC2CCC(O)C2C1. The van der Waals surface area contributed by atoms with E-state index >= 15 is 0 Å².